The maximum absolute atomic E-state index is 9.49. The van der Waals surface area contributed by atoms with E-state index in [1.54, 1.807) is 0 Å². The molecule has 1 N–H and O–H groups in total. The minimum Gasteiger partial charge on any atom is -0.396 e. The van der Waals surface area contributed by atoms with Gasteiger partial charge in [-0.05, 0) is 52.4 Å². The molecular formula is C15H18BrNO. The first-order valence-electron chi connectivity index (χ1n) is 6.66. The zero-order chi connectivity index (χ0) is 12.7. The second-order valence-electron chi connectivity index (χ2n) is 5.14. The third-order valence-electron chi connectivity index (χ3n) is 4.05. The van der Waals surface area contributed by atoms with E-state index in [0.717, 1.165) is 19.4 Å². The second-order valence-corrected chi connectivity index (χ2v) is 5.99. The van der Waals surface area contributed by atoms with Crippen LogP contribution in [0.1, 0.15) is 36.8 Å². The monoisotopic (exact) mass is 307 g/mol. The molecule has 0 bridgehead atoms. The molecule has 0 radical (unpaired) electrons. The Balaban J connectivity index is 2.23. The van der Waals surface area contributed by atoms with Gasteiger partial charge < -0.3 is 9.67 Å². The summed E-state index contributed by atoms with van der Waals surface area (Å²) in [5.74, 6) is 0.267. The molecule has 2 aromatic rings. The topological polar surface area (TPSA) is 25.2 Å². The molecule has 1 aromatic carbocycles. The third kappa shape index (κ3) is 1.81. The van der Waals surface area contributed by atoms with E-state index in [1.165, 1.54) is 32.9 Å². The Kier molecular flexibility index (Phi) is 3.20. The molecule has 0 aliphatic carbocycles. The fraction of sp³-hybridized carbons (Fsp3) is 0.467. The summed E-state index contributed by atoms with van der Waals surface area (Å²) in [6.45, 7) is 3.49. The average molecular weight is 308 g/mol. The van der Waals surface area contributed by atoms with E-state index in [1.807, 2.05) is 0 Å². The predicted molar refractivity (Wildman–Crippen MR) is 78.1 cm³/mol. The van der Waals surface area contributed by atoms with Crippen molar-refractivity contribution in [2.45, 2.75) is 38.6 Å². The molecule has 3 heteroatoms. The fourth-order valence-corrected chi connectivity index (χ4v) is 3.57. The van der Waals surface area contributed by atoms with Crippen molar-refractivity contribution in [3.63, 3.8) is 0 Å². The summed E-state index contributed by atoms with van der Waals surface area (Å²) < 4.78 is 3.53. The van der Waals surface area contributed by atoms with Crippen molar-refractivity contribution in [3.05, 3.63) is 33.9 Å². The summed E-state index contributed by atoms with van der Waals surface area (Å²) in [6, 6.07) is 4.55. The van der Waals surface area contributed by atoms with Crippen LogP contribution in [0.25, 0.3) is 10.9 Å². The number of rotatable bonds is 3. The van der Waals surface area contributed by atoms with Crippen molar-refractivity contribution >= 4 is 26.8 Å². The Bertz CT molecular complexity index is 584. The molecule has 96 valence electrons. The van der Waals surface area contributed by atoms with Gasteiger partial charge >= 0.3 is 0 Å². The molecule has 3 rings (SSSR count). The number of hydrogen-bond acceptors (Lipinski definition) is 1. The summed E-state index contributed by atoms with van der Waals surface area (Å²) in [7, 11) is 0. The zero-order valence-electron chi connectivity index (χ0n) is 10.6. The van der Waals surface area contributed by atoms with Gasteiger partial charge in [0.15, 0.2) is 0 Å². The lowest BCUT2D eigenvalue weighted by Gasteiger charge is -2.19. The molecule has 1 atom stereocenters. The van der Waals surface area contributed by atoms with E-state index >= 15 is 0 Å². The highest BCUT2D eigenvalue weighted by Crippen LogP contribution is 2.35. The number of aryl methyl sites for hydroxylation is 2. The lowest BCUT2D eigenvalue weighted by Crippen LogP contribution is -2.09. The number of aliphatic hydroxyl groups is 1. The molecule has 1 unspecified atom stereocenters. The normalized spacial score (nSPS) is 16.2. The number of benzene rings is 1. The molecule has 0 amide bonds. The average Bonchev–Trinajstić information content (AvgIpc) is 2.70. The van der Waals surface area contributed by atoms with Gasteiger partial charge in [-0.3, -0.25) is 0 Å². The number of nitrogens with zero attached hydrogens (tertiary/aromatic N) is 1. The highest BCUT2D eigenvalue weighted by atomic mass is 79.9. The second kappa shape index (κ2) is 4.71. The van der Waals surface area contributed by atoms with Gasteiger partial charge in [-0.2, -0.15) is 0 Å². The van der Waals surface area contributed by atoms with Crippen LogP contribution in [0.4, 0.5) is 0 Å². The van der Waals surface area contributed by atoms with Crippen LogP contribution in [0, 0.1) is 0 Å². The van der Waals surface area contributed by atoms with E-state index in [4.69, 9.17) is 0 Å². The number of hydrogen-bond donors (Lipinski definition) is 1. The van der Waals surface area contributed by atoms with E-state index < -0.39 is 0 Å². The Morgan fingerprint density at radius 2 is 2.28 bits per heavy atom. The maximum Gasteiger partial charge on any atom is 0.0524 e. The van der Waals surface area contributed by atoms with Crippen molar-refractivity contribution in [3.8, 4) is 0 Å². The van der Waals surface area contributed by atoms with Gasteiger partial charge in [-0.25, -0.2) is 0 Å². The molecule has 2 heterocycles. The predicted octanol–water partition coefficient (Wildman–Crippen LogP) is 3.84. The van der Waals surface area contributed by atoms with Crippen molar-refractivity contribution in [1.82, 2.24) is 4.57 Å². The molecule has 0 saturated carbocycles. The van der Waals surface area contributed by atoms with Crippen molar-refractivity contribution in [2.24, 2.45) is 0 Å². The SMILES string of the molecule is CCC(CO)c1cc2c3c(c1)c(Br)cn3CCC2. The third-order valence-corrected chi connectivity index (χ3v) is 4.69. The van der Waals surface area contributed by atoms with E-state index in [-0.39, 0.29) is 12.5 Å². The van der Waals surface area contributed by atoms with Crippen LogP contribution in [0.15, 0.2) is 22.8 Å². The van der Waals surface area contributed by atoms with Crippen molar-refractivity contribution in [2.75, 3.05) is 6.61 Å². The fourth-order valence-electron chi connectivity index (χ4n) is 3.02. The lowest BCUT2D eigenvalue weighted by atomic mass is 9.92. The van der Waals surface area contributed by atoms with Crippen LogP contribution in [0.2, 0.25) is 0 Å². The van der Waals surface area contributed by atoms with Crippen LogP contribution in [-0.4, -0.2) is 16.3 Å². The van der Waals surface area contributed by atoms with Crippen molar-refractivity contribution in [1.29, 1.82) is 0 Å². The van der Waals surface area contributed by atoms with Crippen LogP contribution < -0.4 is 0 Å². The molecule has 0 fully saturated rings. The Labute approximate surface area is 116 Å². The first-order chi connectivity index (χ1) is 8.74. The van der Waals surface area contributed by atoms with E-state index in [2.05, 4.69) is 45.8 Å². The summed E-state index contributed by atoms with van der Waals surface area (Å²) in [5.41, 5.74) is 4.10. The zero-order valence-corrected chi connectivity index (χ0v) is 12.2. The molecular weight excluding hydrogens is 290 g/mol. The maximum atomic E-state index is 9.49. The molecule has 1 aliphatic heterocycles. The van der Waals surface area contributed by atoms with Gasteiger partial charge in [-0.15, -0.1) is 0 Å². The molecule has 1 aromatic heterocycles. The first kappa shape index (κ1) is 12.2. The van der Waals surface area contributed by atoms with Gasteiger partial charge in [0, 0.05) is 35.1 Å². The summed E-state index contributed by atoms with van der Waals surface area (Å²) >= 11 is 3.66. The molecule has 1 aliphatic rings. The van der Waals surface area contributed by atoms with Gasteiger partial charge in [0.1, 0.15) is 0 Å². The lowest BCUT2D eigenvalue weighted by molar-refractivity contribution is 0.262. The summed E-state index contributed by atoms with van der Waals surface area (Å²) in [5, 5.41) is 10.8. The van der Waals surface area contributed by atoms with Crippen LogP contribution in [0.5, 0.6) is 0 Å². The minimum absolute atomic E-state index is 0.236. The minimum atomic E-state index is 0.236. The van der Waals surface area contributed by atoms with E-state index in [9.17, 15) is 5.11 Å². The number of aromatic nitrogens is 1. The highest BCUT2D eigenvalue weighted by Gasteiger charge is 2.18. The summed E-state index contributed by atoms with van der Waals surface area (Å²) in [4.78, 5) is 0. The van der Waals surface area contributed by atoms with Crippen LogP contribution in [0.3, 0.4) is 0 Å². The first-order valence-corrected chi connectivity index (χ1v) is 7.46. The smallest absolute Gasteiger partial charge is 0.0524 e. The number of halogens is 1. The molecule has 18 heavy (non-hydrogen) atoms. The van der Waals surface area contributed by atoms with E-state index in [0.29, 0.717) is 0 Å². The highest BCUT2D eigenvalue weighted by molar-refractivity contribution is 9.10. The molecule has 2 nitrogen and oxygen atoms in total. The molecule has 0 saturated heterocycles. The molecule has 0 spiro atoms. The summed E-state index contributed by atoms with van der Waals surface area (Å²) in [6.07, 6.45) is 5.54. The number of aliphatic hydroxyl groups excluding tert-OH is 1. The Morgan fingerprint density at radius 1 is 1.44 bits per heavy atom. The van der Waals surface area contributed by atoms with Gasteiger partial charge in [0.25, 0.3) is 0 Å². The van der Waals surface area contributed by atoms with Gasteiger partial charge in [0.2, 0.25) is 0 Å². The standard InChI is InChI=1S/C15H18BrNO/c1-2-10(9-18)12-6-11-4-3-5-17-8-14(16)13(7-12)15(11)17/h6-8,10,18H,2-5,9H2,1H3. The quantitative estimate of drug-likeness (QED) is 0.916. The Morgan fingerprint density at radius 3 is 3.00 bits per heavy atom. The largest absolute Gasteiger partial charge is 0.396 e. The van der Waals surface area contributed by atoms with Gasteiger partial charge in [-0.1, -0.05) is 13.0 Å². The van der Waals surface area contributed by atoms with Gasteiger partial charge in [0.05, 0.1) is 5.52 Å². The van der Waals surface area contributed by atoms with Crippen LogP contribution >= 0.6 is 15.9 Å². The van der Waals surface area contributed by atoms with Crippen LogP contribution in [-0.2, 0) is 13.0 Å². The van der Waals surface area contributed by atoms with Crippen molar-refractivity contribution < 1.29 is 5.11 Å². The Hall–Kier alpha value is -0.800.